The summed E-state index contributed by atoms with van der Waals surface area (Å²) in [7, 11) is 0. The van der Waals surface area contributed by atoms with Gasteiger partial charge >= 0.3 is 0 Å². The molecule has 3 rings (SSSR count). The number of nitrogens with two attached hydrogens (primary N) is 1. The van der Waals surface area contributed by atoms with Crippen LogP contribution in [0.1, 0.15) is 54.5 Å². The van der Waals surface area contributed by atoms with Gasteiger partial charge in [0.1, 0.15) is 11.5 Å². The fourth-order valence-electron chi connectivity index (χ4n) is 3.12. The quantitative estimate of drug-likeness (QED) is 0.663. The number of rotatable bonds is 4. The molecule has 0 saturated heterocycles. The summed E-state index contributed by atoms with van der Waals surface area (Å²) in [5.74, 6) is 7.99. The molecule has 3 N–H and O–H groups in total. The van der Waals surface area contributed by atoms with Crippen molar-refractivity contribution in [3.05, 3.63) is 53.2 Å². The Labute approximate surface area is 119 Å². The number of pyridine rings is 1. The lowest BCUT2D eigenvalue weighted by Crippen LogP contribution is -2.34. The molecule has 2 aromatic rings. The first-order valence-electron chi connectivity index (χ1n) is 7.32. The second-order valence-electron chi connectivity index (χ2n) is 5.35. The molecule has 0 amide bonds. The number of nitrogens with one attached hydrogen (secondary N) is 1. The van der Waals surface area contributed by atoms with E-state index in [2.05, 4.69) is 23.4 Å². The maximum Gasteiger partial charge on any atom is 0.123 e. The van der Waals surface area contributed by atoms with Crippen LogP contribution in [0.15, 0.2) is 34.9 Å². The van der Waals surface area contributed by atoms with Gasteiger partial charge in [0.2, 0.25) is 0 Å². The van der Waals surface area contributed by atoms with Crippen LogP contribution in [-0.2, 0) is 12.8 Å². The molecule has 0 aromatic carbocycles. The van der Waals surface area contributed by atoms with Crippen LogP contribution in [-0.4, -0.2) is 4.98 Å². The summed E-state index contributed by atoms with van der Waals surface area (Å²) in [6, 6.07) is 8.22. The van der Waals surface area contributed by atoms with E-state index in [1.807, 2.05) is 24.4 Å². The zero-order valence-corrected chi connectivity index (χ0v) is 11.8. The molecular formula is C16H21N3O. The maximum absolute atomic E-state index is 5.88. The largest absolute Gasteiger partial charge is 0.464 e. The predicted molar refractivity (Wildman–Crippen MR) is 78.1 cm³/mol. The third-order valence-electron chi connectivity index (χ3n) is 4.16. The molecule has 2 atom stereocenters. The summed E-state index contributed by atoms with van der Waals surface area (Å²) in [5.41, 5.74) is 5.43. The number of hydrazine groups is 1. The second-order valence-corrected chi connectivity index (χ2v) is 5.35. The zero-order chi connectivity index (χ0) is 13.9. The molecule has 0 fully saturated rings. The Balaban J connectivity index is 1.94. The molecule has 0 bridgehead atoms. The monoisotopic (exact) mass is 271 g/mol. The van der Waals surface area contributed by atoms with Crippen molar-refractivity contribution in [3.8, 4) is 0 Å². The summed E-state index contributed by atoms with van der Waals surface area (Å²) in [4.78, 5) is 4.58. The van der Waals surface area contributed by atoms with Crippen LogP contribution in [0.25, 0.3) is 0 Å². The van der Waals surface area contributed by atoms with Crippen molar-refractivity contribution in [1.29, 1.82) is 0 Å². The summed E-state index contributed by atoms with van der Waals surface area (Å²) in [6.07, 6.45) is 6.13. The van der Waals surface area contributed by atoms with E-state index in [1.54, 1.807) is 0 Å². The Morgan fingerprint density at radius 1 is 1.45 bits per heavy atom. The molecule has 20 heavy (non-hydrogen) atoms. The van der Waals surface area contributed by atoms with Crippen molar-refractivity contribution < 1.29 is 4.42 Å². The van der Waals surface area contributed by atoms with Crippen LogP contribution < -0.4 is 11.3 Å². The average molecular weight is 271 g/mol. The minimum atomic E-state index is -0.00995. The number of hydrogen-bond donors (Lipinski definition) is 2. The zero-order valence-electron chi connectivity index (χ0n) is 11.8. The van der Waals surface area contributed by atoms with Crippen molar-refractivity contribution in [2.24, 2.45) is 5.84 Å². The first kappa shape index (κ1) is 13.3. The van der Waals surface area contributed by atoms with Gasteiger partial charge in [-0.25, -0.2) is 5.43 Å². The van der Waals surface area contributed by atoms with E-state index in [9.17, 15) is 0 Å². The van der Waals surface area contributed by atoms with Gasteiger partial charge in [-0.05, 0) is 43.0 Å². The van der Waals surface area contributed by atoms with E-state index in [0.717, 1.165) is 36.5 Å². The van der Waals surface area contributed by atoms with Gasteiger partial charge in [-0.15, -0.1) is 0 Å². The Morgan fingerprint density at radius 2 is 2.35 bits per heavy atom. The van der Waals surface area contributed by atoms with Crippen LogP contribution >= 0.6 is 0 Å². The lowest BCUT2D eigenvalue weighted by molar-refractivity contribution is 0.331. The van der Waals surface area contributed by atoms with E-state index in [1.165, 1.54) is 12.0 Å². The van der Waals surface area contributed by atoms with Gasteiger partial charge in [-0.2, -0.15) is 0 Å². The van der Waals surface area contributed by atoms with Crippen molar-refractivity contribution in [1.82, 2.24) is 10.4 Å². The van der Waals surface area contributed by atoms with Crippen molar-refractivity contribution in [3.63, 3.8) is 0 Å². The first-order valence-corrected chi connectivity index (χ1v) is 7.32. The van der Waals surface area contributed by atoms with Gasteiger partial charge in [0.15, 0.2) is 0 Å². The highest BCUT2D eigenvalue weighted by Crippen LogP contribution is 2.39. The maximum atomic E-state index is 5.88. The summed E-state index contributed by atoms with van der Waals surface area (Å²) in [5, 5.41) is 0. The molecule has 2 unspecified atom stereocenters. The van der Waals surface area contributed by atoms with Gasteiger partial charge in [-0.1, -0.05) is 13.0 Å². The SMILES string of the molecule is CCc1ccc(C(NN)C2CCCc3cccnc32)o1. The second kappa shape index (κ2) is 5.77. The third kappa shape index (κ3) is 2.37. The number of nitrogens with zero attached hydrogens (tertiary/aromatic N) is 1. The Morgan fingerprint density at radius 3 is 3.10 bits per heavy atom. The fraction of sp³-hybridized carbons (Fsp3) is 0.438. The molecule has 2 aromatic heterocycles. The van der Waals surface area contributed by atoms with Crippen LogP contribution in [0.5, 0.6) is 0 Å². The predicted octanol–water partition coefficient (Wildman–Crippen LogP) is 2.86. The Bertz CT molecular complexity index is 579. The Hall–Kier alpha value is -1.65. The van der Waals surface area contributed by atoms with Crippen molar-refractivity contribution in [2.45, 2.75) is 44.6 Å². The van der Waals surface area contributed by atoms with Gasteiger partial charge in [0.05, 0.1) is 6.04 Å². The first-order chi connectivity index (χ1) is 9.83. The molecule has 1 aliphatic carbocycles. The number of aromatic nitrogens is 1. The van der Waals surface area contributed by atoms with E-state index < -0.39 is 0 Å². The number of aryl methyl sites for hydroxylation is 2. The number of furan rings is 1. The normalized spacial score (nSPS) is 19.6. The topological polar surface area (TPSA) is 64.1 Å². The van der Waals surface area contributed by atoms with Crippen molar-refractivity contribution >= 4 is 0 Å². The fourth-order valence-corrected chi connectivity index (χ4v) is 3.12. The van der Waals surface area contributed by atoms with E-state index in [0.29, 0.717) is 0 Å². The molecule has 0 aliphatic heterocycles. The summed E-state index contributed by atoms with van der Waals surface area (Å²) >= 11 is 0. The summed E-state index contributed by atoms with van der Waals surface area (Å²) < 4.78 is 5.88. The molecule has 4 nitrogen and oxygen atoms in total. The highest BCUT2D eigenvalue weighted by molar-refractivity contribution is 5.29. The number of fused-ring (bicyclic) bond motifs is 1. The standard InChI is InChI=1S/C16H21N3O/c1-2-12-8-9-14(20-12)16(19-17)13-7-3-5-11-6-4-10-18-15(11)13/h4,6,8-10,13,16,19H,2-3,5,7,17H2,1H3. The lowest BCUT2D eigenvalue weighted by atomic mass is 9.81. The molecular weight excluding hydrogens is 250 g/mol. The molecule has 4 heteroatoms. The smallest absolute Gasteiger partial charge is 0.123 e. The van der Waals surface area contributed by atoms with Crippen LogP contribution in [0.3, 0.4) is 0 Å². The average Bonchev–Trinajstić information content (AvgIpc) is 2.97. The minimum absolute atomic E-state index is 0.00995. The van der Waals surface area contributed by atoms with Gasteiger partial charge in [-0.3, -0.25) is 10.8 Å². The Kier molecular flexibility index (Phi) is 3.85. The van der Waals surface area contributed by atoms with Gasteiger partial charge < -0.3 is 4.42 Å². The van der Waals surface area contributed by atoms with E-state index in [4.69, 9.17) is 10.3 Å². The van der Waals surface area contributed by atoms with Crippen molar-refractivity contribution in [2.75, 3.05) is 0 Å². The van der Waals surface area contributed by atoms with Crippen LogP contribution in [0.2, 0.25) is 0 Å². The lowest BCUT2D eigenvalue weighted by Gasteiger charge is -2.29. The molecule has 0 saturated carbocycles. The van der Waals surface area contributed by atoms with Crippen LogP contribution in [0, 0.1) is 0 Å². The van der Waals surface area contributed by atoms with E-state index in [-0.39, 0.29) is 12.0 Å². The van der Waals surface area contributed by atoms with Gasteiger partial charge in [0.25, 0.3) is 0 Å². The molecule has 1 aliphatic rings. The van der Waals surface area contributed by atoms with Crippen LogP contribution in [0.4, 0.5) is 0 Å². The molecule has 0 radical (unpaired) electrons. The highest BCUT2D eigenvalue weighted by atomic mass is 16.3. The third-order valence-corrected chi connectivity index (χ3v) is 4.16. The number of hydrogen-bond acceptors (Lipinski definition) is 4. The van der Waals surface area contributed by atoms with Gasteiger partial charge in [0, 0.05) is 24.2 Å². The summed E-state index contributed by atoms with van der Waals surface area (Å²) in [6.45, 7) is 2.09. The molecule has 106 valence electrons. The molecule has 0 spiro atoms. The molecule has 2 heterocycles. The highest BCUT2D eigenvalue weighted by Gasteiger charge is 2.31. The minimum Gasteiger partial charge on any atom is -0.464 e. The van der Waals surface area contributed by atoms with E-state index >= 15 is 0 Å².